The summed E-state index contributed by atoms with van der Waals surface area (Å²) in [5.41, 5.74) is 4.47. The van der Waals surface area contributed by atoms with Crippen molar-refractivity contribution in [3.05, 3.63) is 65.5 Å². The van der Waals surface area contributed by atoms with Gasteiger partial charge in [-0.3, -0.25) is 14.4 Å². The van der Waals surface area contributed by atoms with Gasteiger partial charge in [0, 0.05) is 6.42 Å². The summed E-state index contributed by atoms with van der Waals surface area (Å²) in [6, 6.07) is 11.6. The summed E-state index contributed by atoms with van der Waals surface area (Å²) in [6.07, 6.45) is 4.08. The fourth-order valence-corrected chi connectivity index (χ4v) is 6.16. The second-order valence-electron chi connectivity index (χ2n) is 12.3. The van der Waals surface area contributed by atoms with E-state index in [9.17, 15) is 14.4 Å². The lowest BCUT2D eigenvalue weighted by atomic mass is 9.82. The number of amides is 2. The van der Waals surface area contributed by atoms with Crippen molar-refractivity contribution in [2.45, 2.75) is 78.4 Å². The number of aromatic nitrogens is 2. The van der Waals surface area contributed by atoms with Gasteiger partial charge in [-0.1, -0.05) is 71.4 Å². The van der Waals surface area contributed by atoms with E-state index in [2.05, 4.69) is 27.4 Å². The Hall–Kier alpha value is -3.48. The number of hydrogen-bond acceptors (Lipinski definition) is 4. The number of hydrogen-bond donors (Lipinski definition) is 2. The zero-order chi connectivity index (χ0) is 27.2. The number of benzene rings is 2. The SMILES string of the molecule is CC[C@@H](C)[C@@H]1C(=O)N[C@H](C2Cc3ccccc3C2)C(=O)N1[C@@H](C(=O)CC(C)(C)C)c1ccc2nc[nH]c2c1. The fraction of sp³-hybridized carbons (Fsp3) is 0.484. The summed E-state index contributed by atoms with van der Waals surface area (Å²) in [4.78, 5) is 51.4. The van der Waals surface area contributed by atoms with Crippen LogP contribution in [0.5, 0.6) is 0 Å². The topological polar surface area (TPSA) is 95.2 Å². The number of fused-ring (bicyclic) bond motifs is 2. The quantitative estimate of drug-likeness (QED) is 0.475. The Labute approximate surface area is 224 Å². The van der Waals surface area contributed by atoms with Crippen molar-refractivity contribution < 1.29 is 14.4 Å². The van der Waals surface area contributed by atoms with E-state index < -0.39 is 18.1 Å². The molecule has 0 spiro atoms. The zero-order valence-electron chi connectivity index (χ0n) is 23.0. The number of carbonyl (C=O) groups is 3. The average molecular weight is 515 g/mol. The largest absolute Gasteiger partial charge is 0.345 e. The van der Waals surface area contributed by atoms with Gasteiger partial charge >= 0.3 is 0 Å². The van der Waals surface area contributed by atoms with Gasteiger partial charge in [0.25, 0.3) is 0 Å². The minimum atomic E-state index is -0.856. The van der Waals surface area contributed by atoms with Gasteiger partial charge in [-0.05, 0) is 58.9 Å². The lowest BCUT2D eigenvalue weighted by Gasteiger charge is -2.46. The highest BCUT2D eigenvalue weighted by Crippen LogP contribution is 2.38. The monoisotopic (exact) mass is 514 g/mol. The molecule has 0 saturated carbocycles. The lowest BCUT2D eigenvalue weighted by Crippen LogP contribution is -2.68. The van der Waals surface area contributed by atoms with Crippen molar-refractivity contribution in [1.29, 1.82) is 0 Å². The maximum atomic E-state index is 14.5. The zero-order valence-corrected chi connectivity index (χ0v) is 23.0. The van der Waals surface area contributed by atoms with E-state index in [1.165, 1.54) is 11.1 Å². The Morgan fingerprint density at radius 3 is 2.42 bits per heavy atom. The van der Waals surface area contributed by atoms with Crippen LogP contribution in [0.2, 0.25) is 0 Å². The molecule has 1 aliphatic heterocycles. The standard InChI is InChI=1S/C31H38N4O3/c1-6-18(2)27-29(37)34-26(22-13-19-9-7-8-10-20(19)14-22)30(38)35(27)28(25(36)16-31(3,4)5)21-11-12-23-24(15-21)33-17-32-23/h7-12,15,17-18,22,26-28H,6,13-14,16H2,1-5H3,(H,32,33)(H,34,37)/t18-,26-,27-,28-/m1/s1. The van der Waals surface area contributed by atoms with Crippen LogP contribution in [0.15, 0.2) is 48.8 Å². The fourth-order valence-electron chi connectivity index (χ4n) is 6.16. The molecule has 7 heteroatoms. The molecule has 2 heterocycles. The Kier molecular flexibility index (Phi) is 6.88. The average Bonchev–Trinajstić information content (AvgIpc) is 3.51. The second-order valence-corrected chi connectivity index (χ2v) is 12.3. The number of nitrogens with zero attached hydrogens (tertiary/aromatic N) is 2. The van der Waals surface area contributed by atoms with Gasteiger partial charge in [-0.25, -0.2) is 4.98 Å². The first-order valence-corrected chi connectivity index (χ1v) is 13.7. The summed E-state index contributed by atoms with van der Waals surface area (Å²) in [5.74, 6) is -0.541. The highest BCUT2D eigenvalue weighted by Gasteiger charge is 2.50. The van der Waals surface area contributed by atoms with E-state index in [0.29, 0.717) is 12.0 Å². The molecule has 3 aromatic rings. The molecule has 38 heavy (non-hydrogen) atoms. The minimum absolute atomic E-state index is 0.0438. The van der Waals surface area contributed by atoms with Gasteiger partial charge in [-0.15, -0.1) is 0 Å². The van der Waals surface area contributed by atoms with Gasteiger partial charge < -0.3 is 15.2 Å². The van der Waals surface area contributed by atoms with E-state index in [4.69, 9.17) is 0 Å². The molecule has 1 fully saturated rings. The van der Waals surface area contributed by atoms with Crippen LogP contribution in [-0.4, -0.2) is 44.5 Å². The molecule has 5 rings (SSSR count). The number of aromatic amines is 1. The van der Waals surface area contributed by atoms with Crippen LogP contribution in [0.4, 0.5) is 0 Å². The molecule has 0 bridgehead atoms. The normalized spacial score (nSPS) is 21.9. The molecule has 1 aliphatic carbocycles. The highest BCUT2D eigenvalue weighted by atomic mass is 16.2. The molecule has 200 valence electrons. The molecule has 2 aliphatic rings. The van der Waals surface area contributed by atoms with E-state index in [-0.39, 0.29) is 41.3 Å². The number of Topliss-reactive ketones (excluding diaryl/α,β-unsaturated/α-hetero) is 1. The van der Waals surface area contributed by atoms with Crippen molar-refractivity contribution in [3.63, 3.8) is 0 Å². The third kappa shape index (κ3) is 4.86. The van der Waals surface area contributed by atoms with Gasteiger partial charge in [-0.2, -0.15) is 0 Å². The van der Waals surface area contributed by atoms with Crippen molar-refractivity contribution in [2.24, 2.45) is 17.3 Å². The molecular weight excluding hydrogens is 476 g/mol. The van der Waals surface area contributed by atoms with Gasteiger partial charge in [0.1, 0.15) is 18.1 Å². The third-order valence-corrected chi connectivity index (χ3v) is 8.17. The summed E-state index contributed by atoms with van der Waals surface area (Å²) in [7, 11) is 0. The van der Waals surface area contributed by atoms with Crippen molar-refractivity contribution in [3.8, 4) is 0 Å². The Balaban J connectivity index is 1.59. The Morgan fingerprint density at radius 2 is 1.79 bits per heavy atom. The number of imidazole rings is 1. The predicted molar refractivity (Wildman–Crippen MR) is 147 cm³/mol. The van der Waals surface area contributed by atoms with Crippen LogP contribution in [0.1, 0.15) is 70.2 Å². The first kappa shape index (κ1) is 26.1. The molecule has 1 aromatic heterocycles. The minimum Gasteiger partial charge on any atom is -0.345 e. The maximum Gasteiger partial charge on any atom is 0.247 e. The molecule has 2 aromatic carbocycles. The molecule has 0 radical (unpaired) electrons. The lowest BCUT2D eigenvalue weighted by molar-refractivity contribution is -0.159. The molecule has 1 saturated heterocycles. The molecule has 2 N–H and O–H groups in total. The van der Waals surface area contributed by atoms with E-state index >= 15 is 0 Å². The van der Waals surface area contributed by atoms with E-state index in [1.54, 1.807) is 11.2 Å². The van der Waals surface area contributed by atoms with Gasteiger partial charge in [0.15, 0.2) is 5.78 Å². The Morgan fingerprint density at radius 1 is 1.11 bits per heavy atom. The first-order chi connectivity index (χ1) is 18.1. The summed E-state index contributed by atoms with van der Waals surface area (Å²) >= 11 is 0. The van der Waals surface area contributed by atoms with Gasteiger partial charge in [0.2, 0.25) is 11.8 Å². The van der Waals surface area contributed by atoms with Gasteiger partial charge in [0.05, 0.1) is 17.4 Å². The number of piperazine rings is 1. The van der Waals surface area contributed by atoms with E-state index in [1.807, 2.05) is 65.0 Å². The Bertz CT molecular complexity index is 1350. The number of H-pyrrole nitrogens is 1. The van der Waals surface area contributed by atoms with Crippen molar-refractivity contribution in [1.82, 2.24) is 20.2 Å². The maximum absolute atomic E-state index is 14.5. The summed E-state index contributed by atoms with van der Waals surface area (Å²) in [5, 5.41) is 3.10. The van der Waals surface area contributed by atoms with Crippen LogP contribution in [0, 0.1) is 17.3 Å². The summed E-state index contributed by atoms with van der Waals surface area (Å²) < 4.78 is 0. The van der Waals surface area contributed by atoms with Crippen molar-refractivity contribution >= 4 is 28.6 Å². The summed E-state index contributed by atoms with van der Waals surface area (Å²) in [6.45, 7) is 10.1. The smallest absolute Gasteiger partial charge is 0.247 e. The number of nitrogens with one attached hydrogen (secondary N) is 2. The molecule has 4 atom stereocenters. The molecule has 7 nitrogen and oxygen atoms in total. The number of ketones is 1. The molecule has 0 unspecified atom stereocenters. The van der Waals surface area contributed by atoms with Crippen LogP contribution < -0.4 is 5.32 Å². The van der Waals surface area contributed by atoms with Crippen LogP contribution >= 0.6 is 0 Å². The van der Waals surface area contributed by atoms with Crippen LogP contribution in [0.25, 0.3) is 11.0 Å². The van der Waals surface area contributed by atoms with Crippen molar-refractivity contribution in [2.75, 3.05) is 0 Å². The molecular formula is C31H38N4O3. The van der Waals surface area contributed by atoms with E-state index in [0.717, 1.165) is 23.9 Å². The third-order valence-electron chi connectivity index (χ3n) is 8.17. The molecule has 2 amide bonds. The second kappa shape index (κ2) is 10.0. The first-order valence-electron chi connectivity index (χ1n) is 13.7. The van der Waals surface area contributed by atoms with Crippen LogP contribution in [-0.2, 0) is 27.2 Å². The number of rotatable bonds is 7. The predicted octanol–water partition coefficient (Wildman–Crippen LogP) is 4.77. The number of carbonyl (C=O) groups excluding carboxylic acids is 3. The highest BCUT2D eigenvalue weighted by molar-refractivity contribution is 6.01. The van der Waals surface area contributed by atoms with Crippen LogP contribution in [0.3, 0.4) is 0 Å².